The molecule has 4 heteroatoms. The van der Waals surface area contributed by atoms with E-state index in [1.807, 2.05) is 37.3 Å². The van der Waals surface area contributed by atoms with Crippen LogP contribution in [0.3, 0.4) is 0 Å². The Morgan fingerprint density at radius 1 is 1.44 bits per heavy atom. The van der Waals surface area contributed by atoms with Gasteiger partial charge < -0.3 is 10.1 Å². The molecule has 0 radical (unpaired) electrons. The van der Waals surface area contributed by atoms with Crippen molar-refractivity contribution in [3.8, 4) is 0 Å². The van der Waals surface area contributed by atoms with Crippen LogP contribution < -0.4 is 5.32 Å². The highest BCUT2D eigenvalue weighted by atomic mass is 79.9. The molecule has 88 valence electrons. The zero-order chi connectivity index (χ0) is 11.8. The van der Waals surface area contributed by atoms with Gasteiger partial charge in [-0.05, 0) is 11.5 Å². The van der Waals surface area contributed by atoms with Crippen LogP contribution >= 0.6 is 15.9 Å². The van der Waals surface area contributed by atoms with Crippen molar-refractivity contribution >= 4 is 22.0 Å². The number of benzene rings is 1. The van der Waals surface area contributed by atoms with Crippen LogP contribution in [0.25, 0.3) is 0 Å². The lowest BCUT2D eigenvalue weighted by Crippen LogP contribution is -2.29. The Morgan fingerprint density at radius 2 is 2.12 bits per heavy atom. The molecule has 0 bridgehead atoms. The number of alkyl halides is 1. The van der Waals surface area contributed by atoms with Gasteiger partial charge in [-0.1, -0.05) is 53.2 Å². The molecule has 1 N–H and O–H groups in total. The van der Waals surface area contributed by atoms with E-state index in [1.54, 1.807) is 0 Å². The van der Waals surface area contributed by atoms with E-state index in [-0.39, 0.29) is 6.09 Å². The Hall–Kier alpha value is -1.03. The molecule has 1 amide bonds. The van der Waals surface area contributed by atoms with Gasteiger partial charge in [-0.25, -0.2) is 4.79 Å². The molecule has 0 spiro atoms. The first kappa shape index (κ1) is 13.0. The second-order valence-corrected chi connectivity index (χ2v) is 4.35. The number of halogens is 1. The molecule has 0 saturated heterocycles. The minimum absolute atomic E-state index is 0.315. The number of alkyl carbamates (subject to hydrolysis) is 1. The fraction of sp³-hybridized carbons (Fsp3) is 0.417. The third kappa shape index (κ3) is 5.16. The summed E-state index contributed by atoms with van der Waals surface area (Å²) in [6.45, 7) is 2.99. The lowest BCUT2D eigenvalue weighted by molar-refractivity contribution is 0.138. The summed E-state index contributed by atoms with van der Waals surface area (Å²) < 4.78 is 5.06. The van der Waals surface area contributed by atoms with E-state index in [2.05, 4.69) is 21.2 Å². The Bertz CT molecular complexity index is 316. The lowest BCUT2D eigenvalue weighted by atomic mass is 10.2. The molecule has 16 heavy (non-hydrogen) atoms. The summed E-state index contributed by atoms with van der Waals surface area (Å²) >= 11 is 3.35. The van der Waals surface area contributed by atoms with Gasteiger partial charge in [0.1, 0.15) is 6.61 Å². The minimum atomic E-state index is -0.364. The van der Waals surface area contributed by atoms with E-state index < -0.39 is 0 Å². The first-order valence-corrected chi connectivity index (χ1v) is 6.35. The molecule has 3 nitrogen and oxygen atoms in total. The van der Waals surface area contributed by atoms with Crippen LogP contribution in [0.4, 0.5) is 4.79 Å². The average Bonchev–Trinajstić information content (AvgIpc) is 2.34. The summed E-state index contributed by atoms with van der Waals surface area (Å²) in [5.74, 6) is 0.407. The topological polar surface area (TPSA) is 38.3 Å². The first-order valence-electron chi connectivity index (χ1n) is 5.23. The zero-order valence-corrected chi connectivity index (χ0v) is 10.9. The monoisotopic (exact) mass is 285 g/mol. The van der Waals surface area contributed by atoms with E-state index in [9.17, 15) is 4.79 Å². The Labute approximate surface area is 104 Å². The fourth-order valence-corrected chi connectivity index (χ4v) is 1.32. The zero-order valence-electron chi connectivity index (χ0n) is 9.28. The van der Waals surface area contributed by atoms with Gasteiger partial charge in [0, 0.05) is 11.9 Å². The van der Waals surface area contributed by atoms with E-state index >= 15 is 0 Å². The third-order valence-corrected chi connectivity index (χ3v) is 3.18. The molecule has 0 unspecified atom stereocenters. The number of carbonyl (C=O) groups is 1. The van der Waals surface area contributed by atoms with E-state index in [4.69, 9.17) is 4.74 Å². The second kappa shape index (κ2) is 7.28. The molecule has 1 aromatic carbocycles. The molecule has 0 aromatic heterocycles. The van der Waals surface area contributed by atoms with Gasteiger partial charge in [0.05, 0.1) is 0 Å². The number of hydrogen-bond donors (Lipinski definition) is 1. The summed E-state index contributed by atoms with van der Waals surface area (Å²) in [5, 5.41) is 3.58. The number of ether oxygens (including phenoxy) is 1. The largest absolute Gasteiger partial charge is 0.445 e. The highest BCUT2D eigenvalue weighted by molar-refractivity contribution is 9.09. The Morgan fingerprint density at radius 3 is 2.75 bits per heavy atom. The fourth-order valence-electron chi connectivity index (χ4n) is 1.09. The molecule has 1 rings (SSSR count). The highest BCUT2D eigenvalue weighted by Gasteiger charge is 2.04. The van der Waals surface area contributed by atoms with Gasteiger partial charge in [-0.2, -0.15) is 0 Å². The molecule has 0 heterocycles. The van der Waals surface area contributed by atoms with Crippen LogP contribution in [0.2, 0.25) is 0 Å². The smallest absolute Gasteiger partial charge is 0.407 e. The molecule has 0 aliphatic heterocycles. The van der Waals surface area contributed by atoms with Crippen molar-refractivity contribution in [2.24, 2.45) is 5.92 Å². The van der Waals surface area contributed by atoms with Crippen molar-refractivity contribution < 1.29 is 9.53 Å². The van der Waals surface area contributed by atoms with Crippen molar-refractivity contribution in [1.29, 1.82) is 0 Å². The summed E-state index contributed by atoms with van der Waals surface area (Å²) in [7, 11) is 0. The van der Waals surface area contributed by atoms with Crippen molar-refractivity contribution in [1.82, 2.24) is 5.32 Å². The maximum absolute atomic E-state index is 11.3. The second-order valence-electron chi connectivity index (χ2n) is 3.70. The van der Waals surface area contributed by atoms with Crippen LogP contribution in [0, 0.1) is 5.92 Å². The van der Waals surface area contributed by atoms with Gasteiger partial charge in [-0.3, -0.25) is 0 Å². The average molecular weight is 286 g/mol. The highest BCUT2D eigenvalue weighted by Crippen LogP contribution is 2.01. The number of rotatable bonds is 5. The Kier molecular flexibility index (Phi) is 5.93. The molecule has 1 aromatic rings. The molecule has 0 aliphatic rings. The predicted molar refractivity (Wildman–Crippen MR) is 67.6 cm³/mol. The molecular formula is C12H16BrNO2. The normalized spacial score (nSPS) is 11.9. The van der Waals surface area contributed by atoms with E-state index in [1.165, 1.54) is 0 Å². The predicted octanol–water partition coefficient (Wildman–Crippen LogP) is 2.94. The number of amides is 1. The van der Waals surface area contributed by atoms with Crippen molar-refractivity contribution in [3.05, 3.63) is 35.9 Å². The number of nitrogens with one attached hydrogen (secondary N) is 1. The van der Waals surface area contributed by atoms with Gasteiger partial charge in [0.25, 0.3) is 0 Å². The number of carbonyl (C=O) groups excluding carboxylic acids is 1. The molecule has 0 fully saturated rings. The van der Waals surface area contributed by atoms with Crippen LogP contribution in [0.5, 0.6) is 0 Å². The maximum atomic E-state index is 11.3. The van der Waals surface area contributed by atoms with Gasteiger partial charge in [-0.15, -0.1) is 0 Å². The van der Waals surface area contributed by atoms with Gasteiger partial charge in [0.2, 0.25) is 0 Å². The summed E-state index contributed by atoms with van der Waals surface area (Å²) in [4.78, 5) is 11.3. The first-order chi connectivity index (χ1) is 7.72. The Balaban J connectivity index is 2.20. The summed E-state index contributed by atoms with van der Waals surface area (Å²) in [5.41, 5.74) is 0.992. The number of hydrogen-bond acceptors (Lipinski definition) is 2. The molecule has 0 aliphatic carbocycles. The van der Waals surface area contributed by atoms with Crippen LogP contribution in [0.1, 0.15) is 12.5 Å². The van der Waals surface area contributed by atoms with E-state index in [0.29, 0.717) is 19.1 Å². The van der Waals surface area contributed by atoms with Crippen molar-refractivity contribution in [3.63, 3.8) is 0 Å². The van der Waals surface area contributed by atoms with Crippen LogP contribution in [-0.2, 0) is 11.3 Å². The standard InChI is InChI=1S/C12H16BrNO2/c1-10(7-13)8-14-12(15)16-9-11-5-3-2-4-6-11/h2-6,10H,7-9H2,1H3,(H,14,15)/t10-/m0/s1. The van der Waals surface area contributed by atoms with Gasteiger partial charge in [0.15, 0.2) is 0 Å². The van der Waals surface area contributed by atoms with Crippen molar-refractivity contribution in [2.75, 3.05) is 11.9 Å². The van der Waals surface area contributed by atoms with E-state index in [0.717, 1.165) is 10.9 Å². The minimum Gasteiger partial charge on any atom is -0.445 e. The van der Waals surface area contributed by atoms with Gasteiger partial charge >= 0.3 is 6.09 Å². The molecule has 0 saturated carbocycles. The van der Waals surface area contributed by atoms with Crippen LogP contribution in [0.15, 0.2) is 30.3 Å². The molecular weight excluding hydrogens is 270 g/mol. The molecule has 1 atom stereocenters. The quantitative estimate of drug-likeness (QED) is 0.845. The lowest BCUT2D eigenvalue weighted by Gasteiger charge is -2.10. The van der Waals surface area contributed by atoms with Crippen LogP contribution in [-0.4, -0.2) is 18.0 Å². The third-order valence-electron chi connectivity index (χ3n) is 2.07. The summed E-state index contributed by atoms with van der Waals surface area (Å²) in [6, 6.07) is 9.62. The van der Waals surface area contributed by atoms with Crippen molar-refractivity contribution in [2.45, 2.75) is 13.5 Å². The summed E-state index contributed by atoms with van der Waals surface area (Å²) in [6.07, 6.45) is -0.364. The maximum Gasteiger partial charge on any atom is 0.407 e. The SMILES string of the molecule is C[C@@H](CBr)CNC(=O)OCc1ccccc1.